The number of nitro benzene ring substituents is 1. The summed E-state index contributed by atoms with van der Waals surface area (Å²) in [5.74, 6) is -1.51. The lowest BCUT2D eigenvalue weighted by Gasteiger charge is -2.14. The summed E-state index contributed by atoms with van der Waals surface area (Å²) < 4.78 is 43.0. The van der Waals surface area contributed by atoms with E-state index in [0.29, 0.717) is 17.8 Å². The first kappa shape index (κ1) is 21.7. The Balaban J connectivity index is 1.96. The molecule has 2 N–H and O–H groups in total. The van der Waals surface area contributed by atoms with Crippen LogP contribution in [-0.4, -0.2) is 29.4 Å². The molecular formula is C18H16F3N3O5. The van der Waals surface area contributed by atoms with E-state index in [0.717, 1.165) is 6.07 Å². The van der Waals surface area contributed by atoms with Gasteiger partial charge in [0.15, 0.2) is 6.10 Å². The Bertz CT molecular complexity index is 903. The molecule has 0 spiro atoms. The maximum Gasteiger partial charge on any atom is 0.416 e. The molecule has 0 saturated carbocycles. The Labute approximate surface area is 162 Å². The first-order valence-corrected chi connectivity index (χ1v) is 8.23. The number of carbonyl (C=O) groups excluding carboxylic acids is 2. The molecule has 0 aliphatic rings. The maximum absolute atomic E-state index is 12.7. The number of halogens is 3. The molecule has 11 heteroatoms. The number of esters is 1. The topological polar surface area (TPSA) is 111 Å². The molecule has 0 saturated heterocycles. The Morgan fingerprint density at radius 1 is 1.17 bits per heavy atom. The number of nitrogens with one attached hydrogen (secondary N) is 2. The van der Waals surface area contributed by atoms with Crippen molar-refractivity contribution < 1.29 is 32.4 Å². The fourth-order valence-corrected chi connectivity index (χ4v) is 2.23. The SMILES string of the molecule is C[C@H](OC(=O)CNc1ccc(C(F)(F)F)cc1[N+](=O)[O-])C(=O)Nc1ccccc1. The van der Waals surface area contributed by atoms with Gasteiger partial charge in [-0.1, -0.05) is 18.2 Å². The number of nitro groups is 1. The van der Waals surface area contributed by atoms with Gasteiger partial charge in [0.2, 0.25) is 0 Å². The second-order valence-electron chi connectivity index (χ2n) is 5.83. The molecule has 2 aromatic carbocycles. The zero-order chi connectivity index (χ0) is 21.6. The molecule has 0 aliphatic heterocycles. The van der Waals surface area contributed by atoms with E-state index in [1.807, 2.05) is 0 Å². The molecule has 2 aromatic rings. The van der Waals surface area contributed by atoms with E-state index in [1.165, 1.54) is 6.92 Å². The summed E-state index contributed by atoms with van der Waals surface area (Å²) in [6.07, 6.45) is -5.91. The molecule has 0 heterocycles. The number of ether oxygens (including phenoxy) is 1. The summed E-state index contributed by atoms with van der Waals surface area (Å²) in [6, 6.07) is 10.3. The van der Waals surface area contributed by atoms with Gasteiger partial charge in [-0.15, -0.1) is 0 Å². The van der Waals surface area contributed by atoms with Crippen LogP contribution in [0.4, 0.5) is 30.2 Å². The molecule has 154 valence electrons. The van der Waals surface area contributed by atoms with Crippen LogP contribution in [0.2, 0.25) is 0 Å². The number of hydrogen-bond acceptors (Lipinski definition) is 6. The predicted molar refractivity (Wildman–Crippen MR) is 97.2 cm³/mol. The minimum absolute atomic E-state index is 0.290. The van der Waals surface area contributed by atoms with E-state index >= 15 is 0 Å². The molecule has 2 rings (SSSR count). The van der Waals surface area contributed by atoms with Crippen molar-refractivity contribution in [2.45, 2.75) is 19.2 Å². The minimum Gasteiger partial charge on any atom is -0.451 e. The van der Waals surface area contributed by atoms with Crippen molar-refractivity contribution in [2.24, 2.45) is 0 Å². The zero-order valence-corrected chi connectivity index (χ0v) is 15.0. The van der Waals surface area contributed by atoms with Crippen LogP contribution >= 0.6 is 0 Å². The van der Waals surface area contributed by atoms with E-state index in [1.54, 1.807) is 30.3 Å². The van der Waals surface area contributed by atoms with E-state index < -0.39 is 46.9 Å². The Hall–Kier alpha value is -3.63. The van der Waals surface area contributed by atoms with Gasteiger partial charge in [-0.25, -0.2) is 0 Å². The lowest BCUT2D eigenvalue weighted by Crippen LogP contribution is -2.32. The van der Waals surface area contributed by atoms with Crippen LogP contribution in [-0.2, 0) is 20.5 Å². The molecule has 1 atom stereocenters. The highest BCUT2D eigenvalue weighted by Gasteiger charge is 2.33. The molecule has 0 fully saturated rings. The summed E-state index contributed by atoms with van der Waals surface area (Å²) in [5, 5.41) is 15.9. The van der Waals surface area contributed by atoms with Crippen LogP contribution in [0.3, 0.4) is 0 Å². The van der Waals surface area contributed by atoms with Gasteiger partial charge in [0, 0.05) is 11.8 Å². The number of para-hydroxylation sites is 1. The van der Waals surface area contributed by atoms with Crippen LogP contribution in [0, 0.1) is 10.1 Å². The quantitative estimate of drug-likeness (QED) is 0.409. The van der Waals surface area contributed by atoms with Gasteiger partial charge in [0.1, 0.15) is 12.2 Å². The van der Waals surface area contributed by atoms with E-state index in [2.05, 4.69) is 10.6 Å². The van der Waals surface area contributed by atoms with E-state index in [-0.39, 0.29) is 5.69 Å². The van der Waals surface area contributed by atoms with Gasteiger partial charge in [-0.2, -0.15) is 13.2 Å². The van der Waals surface area contributed by atoms with Crippen molar-refractivity contribution in [3.8, 4) is 0 Å². The van der Waals surface area contributed by atoms with Crippen molar-refractivity contribution in [1.29, 1.82) is 0 Å². The lowest BCUT2D eigenvalue weighted by molar-refractivity contribution is -0.384. The summed E-state index contributed by atoms with van der Waals surface area (Å²) in [7, 11) is 0. The van der Waals surface area contributed by atoms with Crippen LogP contribution in [0.1, 0.15) is 12.5 Å². The van der Waals surface area contributed by atoms with Crippen LogP contribution in [0.5, 0.6) is 0 Å². The average Bonchev–Trinajstić information content (AvgIpc) is 2.66. The normalized spacial score (nSPS) is 12.0. The second kappa shape index (κ2) is 9.04. The average molecular weight is 411 g/mol. The molecule has 29 heavy (non-hydrogen) atoms. The molecule has 0 radical (unpaired) electrons. The Morgan fingerprint density at radius 3 is 2.41 bits per heavy atom. The number of amides is 1. The lowest BCUT2D eigenvalue weighted by atomic mass is 10.1. The number of anilines is 2. The summed E-state index contributed by atoms with van der Waals surface area (Å²) >= 11 is 0. The summed E-state index contributed by atoms with van der Waals surface area (Å²) in [4.78, 5) is 33.9. The molecular weight excluding hydrogens is 395 g/mol. The molecule has 0 bridgehead atoms. The number of nitrogens with zero attached hydrogens (tertiary/aromatic N) is 1. The van der Waals surface area contributed by atoms with Crippen molar-refractivity contribution in [2.75, 3.05) is 17.2 Å². The Kier molecular flexibility index (Phi) is 6.75. The smallest absolute Gasteiger partial charge is 0.416 e. The molecule has 0 aliphatic carbocycles. The largest absolute Gasteiger partial charge is 0.451 e. The third-order valence-electron chi connectivity index (χ3n) is 3.66. The van der Waals surface area contributed by atoms with Crippen molar-refractivity contribution in [3.05, 3.63) is 64.2 Å². The van der Waals surface area contributed by atoms with Gasteiger partial charge in [0.25, 0.3) is 11.6 Å². The van der Waals surface area contributed by atoms with Crippen molar-refractivity contribution in [3.63, 3.8) is 0 Å². The molecule has 0 unspecified atom stereocenters. The van der Waals surface area contributed by atoms with E-state index in [4.69, 9.17) is 4.74 Å². The molecule has 8 nitrogen and oxygen atoms in total. The van der Waals surface area contributed by atoms with Gasteiger partial charge in [0.05, 0.1) is 10.5 Å². The first-order chi connectivity index (χ1) is 13.6. The zero-order valence-electron chi connectivity index (χ0n) is 15.0. The van der Waals surface area contributed by atoms with E-state index in [9.17, 15) is 32.9 Å². The van der Waals surface area contributed by atoms with Crippen LogP contribution in [0.15, 0.2) is 48.5 Å². The fourth-order valence-electron chi connectivity index (χ4n) is 2.23. The van der Waals surface area contributed by atoms with Gasteiger partial charge < -0.3 is 15.4 Å². The Morgan fingerprint density at radius 2 is 1.83 bits per heavy atom. The number of hydrogen-bond donors (Lipinski definition) is 2. The predicted octanol–water partition coefficient (Wildman–Crippen LogP) is 3.60. The number of carbonyl (C=O) groups is 2. The third kappa shape index (κ3) is 6.19. The highest BCUT2D eigenvalue weighted by Crippen LogP contribution is 2.34. The molecule has 0 aromatic heterocycles. The highest BCUT2D eigenvalue weighted by atomic mass is 19.4. The summed E-state index contributed by atoms with van der Waals surface area (Å²) in [6.45, 7) is 0.742. The van der Waals surface area contributed by atoms with Crippen LogP contribution in [0.25, 0.3) is 0 Å². The summed E-state index contributed by atoms with van der Waals surface area (Å²) in [5.41, 5.74) is -1.83. The van der Waals surface area contributed by atoms with Gasteiger partial charge in [-0.05, 0) is 31.2 Å². The second-order valence-corrected chi connectivity index (χ2v) is 5.83. The first-order valence-electron chi connectivity index (χ1n) is 8.23. The standard InChI is InChI=1S/C18H16F3N3O5/c1-11(17(26)23-13-5-3-2-4-6-13)29-16(25)10-22-14-8-7-12(18(19,20)21)9-15(14)24(27)28/h2-9,11,22H,10H2,1H3,(H,23,26)/t11-/m0/s1. The number of alkyl halides is 3. The minimum atomic E-state index is -4.75. The van der Waals surface area contributed by atoms with Crippen molar-refractivity contribution in [1.82, 2.24) is 0 Å². The monoisotopic (exact) mass is 411 g/mol. The fraction of sp³-hybridized carbons (Fsp3) is 0.222. The molecule has 1 amide bonds. The van der Waals surface area contributed by atoms with Crippen LogP contribution < -0.4 is 10.6 Å². The number of rotatable bonds is 7. The number of benzene rings is 2. The van der Waals surface area contributed by atoms with Crippen molar-refractivity contribution >= 4 is 28.9 Å². The maximum atomic E-state index is 12.7. The van der Waals surface area contributed by atoms with Gasteiger partial charge in [-0.3, -0.25) is 19.7 Å². The highest BCUT2D eigenvalue weighted by molar-refractivity contribution is 5.95. The third-order valence-corrected chi connectivity index (χ3v) is 3.66. The van der Waals surface area contributed by atoms with Gasteiger partial charge >= 0.3 is 12.1 Å².